The number of amides is 1. The Morgan fingerprint density at radius 1 is 1.07 bits per heavy atom. The smallest absolute Gasteiger partial charge is 0.432 e. The molecule has 0 spiro atoms. The third-order valence-corrected chi connectivity index (χ3v) is 3.91. The number of halogens is 3. The van der Waals surface area contributed by atoms with E-state index >= 15 is 0 Å². The summed E-state index contributed by atoms with van der Waals surface area (Å²) in [4.78, 5) is 22.8. The molecule has 156 valence electrons. The molecule has 0 aliphatic heterocycles. The molecule has 0 atom stereocenters. The monoisotopic (exact) mass is 420 g/mol. The van der Waals surface area contributed by atoms with Crippen LogP contribution in [0.1, 0.15) is 27.3 Å². The number of nitro benzene ring substituents is 1. The van der Waals surface area contributed by atoms with Gasteiger partial charge in [-0.05, 0) is 37.1 Å². The van der Waals surface area contributed by atoms with Gasteiger partial charge in [0.1, 0.15) is 17.2 Å². The van der Waals surface area contributed by atoms with Gasteiger partial charge in [0.25, 0.3) is 11.6 Å². The van der Waals surface area contributed by atoms with Gasteiger partial charge >= 0.3 is 6.18 Å². The van der Waals surface area contributed by atoms with Crippen molar-refractivity contribution in [2.45, 2.75) is 20.0 Å². The molecule has 1 aromatic heterocycles. The number of H-pyrrole nitrogens is 1. The number of aromatic nitrogens is 2. The largest absolute Gasteiger partial charge is 0.457 e. The summed E-state index contributed by atoms with van der Waals surface area (Å²) in [6, 6.07) is 9.47. The van der Waals surface area contributed by atoms with Crippen LogP contribution in [-0.4, -0.2) is 21.0 Å². The maximum atomic E-state index is 12.7. The van der Waals surface area contributed by atoms with E-state index in [-0.39, 0.29) is 17.1 Å². The first kappa shape index (κ1) is 20.8. The zero-order chi connectivity index (χ0) is 22.1. The summed E-state index contributed by atoms with van der Waals surface area (Å²) in [5.74, 6) is -0.463. The fourth-order valence-electron chi connectivity index (χ4n) is 2.73. The van der Waals surface area contributed by atoms with Crippen molar-refractivity contribution in [3.8, 4) is 11.5 Å². The minimum absolute atomic E-state index is 0.0369. The summed E-state index contributed by atoms with van der Waals surface area (Å²) in [6.07, 6.45) is -4.69. The number of nitro groups is 1. The highest BCUT2D eigenvalue weighted by Gasteiger charge is 2.33. The second-order valence-corrected chi connectivity index (χ2v) is 6.52. The number of aryl methyl sites for hydroxylation is 2. The summed E-state index contributed by atoms with van der Waals surface area (Å²) >= 11 is 0. The Labute approximate surface area is 167 Å². The zero-order valence-electron chi connectivity index (χ0n) is 15.7. The normalized spacial score (nSPS) is 11.2. The van der Waals surface area contributed by atoms with Gasteiger partial charge in [0, 0.05) is 18.2 Å². The molecular formula is C19H15F3N4O4. The number of benzene rings is 2. The first-order valence-corrected chi connectivity index (χ1v) is 8.51. The maximum absolute atomic E-state index is 12.7. The Kier molecular flexibility index (Phi) is 5.45. The number of hydrogen-bond donors (Lipinski definition) is 2. The van der Waals surface area contributed by atoms with Crippen molar-refractivity contribution < 1.29 is 27.6 Å². The Hall–Kier alpha value is -3.89. The van der Waals surface area contributed by atoms with Crippen LogP contribution in [0.3, 0.4) is 0 Å². The number of non-ortho nitro benzene ring substituents is 1. The van der Waals surface area contributed by atoms with E-state index in [2.05, 4.69) is 10.4 Å². The zero-order valence-corrected chi connectivity index (χ0v) is 15.7. The summed E-state index contributed by atoms with van der Waals surface area (Å²) in [5, 5.41) is 18.6. The van der Waals surface area contributed by atoms with Gasteiger partial charge in [-0.3, -0.25) is 20.0 Å². The molecule has 3 rings (SSSR count). The topological polar surface area (TPSA) is 110 Å². The molecule has 0 saturated heterocycles. The predicted molar refractivity (Wildman–Crippen MR) is 101 cm³/mol. The maximum Gasteiger partial charge on any atom is 0.432 e. The van der Waals surface area contributed by atoms with E-state index in [1.807, 2.05) is 19.9 Å². The third kappa shape index (κ3) is 4.93. The minimum atomic E-state index is -4.69. The lowest BCUT2D eigenvalue weighted by Crippen LogP contribution is -2.12. The molecule has 2 aromatic carbocycles. The van der Waals surface area contributed by atoms with Gasteiger partial charge in [-0.15, -0.1) is 0 Å². The highest BCUT2D eigenvalue weighted by molar-refractivity contribution is 6.03. The number of carbonyl (C=O) groups is 1. The average molecular weight is 420 g/mol. The Morgan fingerprint density at radius 2 is 1.70 bits per heavy atom. The van der Waals surface area contributed by atoms with Crippen molar-refractivity contribution in [1.29, 1.82) is 0 Å². The summed E-state index contributed by atoms with van der Waals surface area (Å²) in [5.41, 5.74) is -0.280. The van der Waals surface area contributed by atoms with Crippen molar-refractivity contribution in [2.75, 3.05) is 5.32 Å². The van der Waals surface area contributed by atoms with Gasteiger partial charge in [0.2, 0.25) is 0 Å². The molecule has 30 heavy (non-hydrogen) atoms. The van der Waals surface area contributed by atoms with E-state index in [0.29, 0.717) is 11.8 Å². The van der Waals surface area contributed by atoms with Crippen LogP contribution in [0.5, 0.6) is 11.5 Å². The van der Waals surface area contributed by atoms with Gasteiger partial charge in [-0.2, -0.15) is 18.3 Å². The number of aromatic amines is 1. The van der Waals surface area contributed by atoms with Crippen molar-refractivity contribution in [1.82, 2.24) is 10.2 Å². The molecule has 1 amide bonds. The molecule has 3 aromatic rings. The molecule has 0 bridgehead atoms. The van der Waals surface area contributed by atoms with Crippen molar-refractivity contribution in [3.63, 3.8) is 0 Å². The Balaban J connectivity index is 1.88. The lowest BCUT2D eigenvalue weighted by atomic mass is 10.1. The van der Waals surface area contributed by atoms with E-state index < -0.39 is 28.4 Å². The van der Waals surface area contributed by atoms with Crippen LogP contribution in [-0.2, 0) is 6.18 Å². The number of rotatable bonds is 5. The first-order chi connectivity index (χ1) is 14.0. The van der Waals surface area contributed by atoms with Crippen molar-refractivity contribution in [3.05, 3.63) is 75.1 Å². The number of hydrogen-bond acceptors (Lipinski definition) is 5. The third-order valence-electron chi connectivity index (χ3n) is 3.91. The number of nitrogens with zero attached hydrogens (tertiary/aromatic N) is 2. The highest BCUT2D eigenvalue weighted by atomic mass is 19.4. The first-order valence-electron chi connectivity index (χ1n) is 8.51. The Bertz CT molecular complexity index is 1100. The lowest BCUT2D eigenvalue weighted by molar-refractivity contribution is -0.384. The molecule has 0 fully saturated rings. The molecule has 0 unspecified atom stereocenters. The van der Waals surface area contributed by atoms with Crippen LogP contribution < -0.4 is 10.1 Å². The average Bonchev–Trinajstić information content (AvgIpc) is 3.11. The number of carbonyl (C=O) groups excluding carboxylic acids is 1. The van der Waals surface area contributed by atoms with Crippen LogP contribution in [0, 0.1) is 24.0 Å². The van der Waals surface area contributed by atoms with Crippen LogP contribution >= 0.6 is 0 Å². The second kappa shape index (κ2) is 7.85. The van der Waals surface area contributed by atoms with Gasteiger partial charge in [0.15, 0.2) is 5.69 Å². The van der Waals surface area contributed by atoms with Crippen LogP contribution in [0.4, 0.5) is 24.5 Å². The van der Waals surface area contributed by atoms with Gasteiger partial charge in [-0.25, -0.2) is 0 Å². The molecular weight excluding hydrogens is 405 g/mol. The molecule has 11 heteroatoms. The van der Waals surface area contributed by atoms with Gasteiger partial charge in [0.05, 0.1) is 16.7 Å². The number of alkyl halides is 3. The van der Waals surface area contributed by atoms with Crippen LogP contribution in [0.15, 0.2) is 42.5 Å². The van der Waals surface area contributed by atoms with E-state index in [0.717, 1.165) is 17.2 Å². The molecule has 0 saturated carbocycles. The SMILES string of the molecule is Cc1cc(C)cc(Oc2cc(NC(=O)c3cc(C(F)(F)F)[nH]n3)cc([N+](=O)[O-])c2)c1. The Morgan fingerprint density at radius 3 is 2.27 bits per heavy atom. The number of anilines is 1. The van der Waals surface area contributed by atoms with Gasteiger partial charge in [-0.1, -0.05) is 6.07 Å². The standard InChI is InChI=1S/C19H15F3N4O4/c1-10-3-11(2)5-14(4-10)30-15-7-12(6-13(8-15)26(28)29)23-18(27)16-9-17(25-24-16)19(20,21)22/h3-9H,1-2H3,(H,23,27)(H,24,25). The van der Waals surface area contributed by atoms with E-state index in [4.69, 9.17) is 4.74 Å². The minimum Gasteiger partial charge on any atom is -0.457 e. The molecule has 1 heterocycles. The predicted octanol–water partition coefficient (Wildman–Crippen LogP) is 5.00. The van der Waals surface area contributed by atoms with Crippen molar-refractivity contribution >= 4 is 17.3 Å². The summed E-state index contributed by atoms with van der Waals surface area (Å²) in [7, 11) is 0. The van der Waals surface area contributed by atoms with Crippen LogP contribution in [0.25, 0.3) is 0 Å². The summed E-state index contributed by atoms with van der Waals surface area (Å²) in [6.45, 7) is 3.72. The summed E-state index contributed by atoms with van der Waals surface area (Å²) < 4.78 is 43.6. The number of nitrogens with one attached hydrogen (secondary N) is 2. The van der Waals surface area contributed by atoms with E-state index in [1.165, 1.54) is 12.1 Å². The second-order valence-electron chi connectivity index (χ2n) is 6.52. The number of ether oxygens (including phenoxy) is 1. The molecule has 0 radical (unpaired) electrons. The molecule has 2 N–H and O–H groups in total. The molecule has 8 nitrogen and oxygen atoms in total. The lowest BCUT2D eigenvalue weighted by Gasteiger charge is -2.10. The quantitative estimate of drug-likeness (QED) is 0.446. The van der Waals surface area contributed by atoms with E-state index in [1.54, 1.807) is 17.2 Å². The van der Waals surface area contributed by atoms with Crippen LogP contribution in [0.2, 0.25) is 0 Å². The fourth-order valence-corrected chi connectivity index (χ4v) is 2.73. The molecule has 0 aliphatic carbocycles. The molecule has 0 aliphatic rings. The fraction of sp³-hybridized carbons (Fsp3) is 0.158. The van der Waals surface area contributed by atoms with E-state index in [9.17, 15) is 28.1 Å². The highest BCUT2D eigenvalue weighted by Crippen LogP contribution is 2.31. The van der Waals surface area contributed by atoms with Gasteiger partial charge < -0.3 is 10.1 Å². The van der Waals surface area contributed by atoms with Crippen molar-refractivity contribution in [2.24, 2.45) is 0 Å².